The number of fused-ring (bicyclic) bond motifs is 5. The highest BCUT2D eigenvalue weighted by atomic mass is 16.3. The molecule has 0 saturated heterocycles. The zero-order chi connectivity index (χ0) is 28.0. The molecule has 228 valence electrons. The third kappa shape index (κ3) is 7.26. The predicted molar refractivity (Wildman–Crippen MR) is 167 cm³/mol. The van der Waals surface area contributed by atoms with Crippen molar-refractivity contribution in [3.63, 3.8) is 0 Å². The highest BCUT2D eigenvalue weighted by Gasteiger charge is 2.62. The van der Waals surface area contributed by atoms with Gasteiger partial charge in [-0.3, -0.25) is 0 Å². The van der Waals surface area contributed by atoms with Gasteiger partial charge in [0.2, 0.25) is 0 Å². The van der Waals surface area contributed by atoms with Crippen LogP contribution < -0.4 is 16.4 Å². The Bertz CT molecular complexity index is 729. The molecule has 0 aliphatic heterocycles. The zero-order valence-electron chi connectivity index (χ0n) is 26.7. The zero-order valence-corrected chi connectivity index (χ0v) is 26.7. The van der Waals surface area contributed by atoms with E-state index in [4.69, 9.17) is 5.73 Å². The molecule has 39 heavy (non-hydrogen) atoms. The standard InChI is InChI=1S/C35H67N3O/c1-25(2)11-10-12-26(3)29-13-14-30-33-31(16-18-35(29,30)5)34(4)17-15-28(23-27(34)24-32(33)39)38-22-9-8-21-37-20-7-6-19-36/h25-33,37-39H,6-24,36H2,1-5H3/t26-,27+,28-,29?,30?,31?,32-,33?,34-,35+/m0/s1. The highest BCUT2D eigenvalue weighted by molar-refractivity contribution is 5.12. The molecule has 0 radical (unpaired) electrons. The summed E-state index contributed by atoms with van der Waals surface area (Å²) < 4.78 is 0. The first kappa shape index (κ1) is 31.8. The Morgan fingerprint density at radius 1 is 0.795 bits per heavy atom. The summed E-state index contributed by atoms with van der Waals surface area (Å²) >= 11 is 0. The largest absolute Gasteiger partial charge is 0.393 e. The average molecular weight is 546 g/mol. The molecule has 4 saturated carbocycles. The van der Waals surface area contributed by atoms with Crippen LogP contribution in [0.25, 0.3) is 0 Å². The summed E-state index contributed by atoms with van der Waals surface area (Å²) in [6.45, 7) is 16.8. The molecule has 4 rings (SSSR count). The van der Waals surface area contributed by atoms with Crippen LogP contribution >= 0.6 is 0 Å². The molecule has 4 aliphatic rings. The fraction of sp³-hybridized carbons (Fsp3) is 1.00. The van der Waals surface area contributed by atoms with E-state index in [1.54, 1.807) is 0 Å². The summed E-state index contributed by atoms with van der Waals surface area (Å²) in [4.78, 5) is 0. The number of nitrogens with two attached hydrogens (primary N) is 1. The molecule has 0 aromatic heterocycles. The van der Waals surface area contributed by atoms with Gasteiger partial charge in [-0.25, -0.2) is 0 Å². The summed E-state index contributed by atoms with van der Waals surface area (Å²) in [6.07, 6.45) is 19.6. The summed E-state index contributed by atoms with van der Waals surface area (Å²) in [6, 6.07) is 0.653. The van der Waals surface area contributed by atoms with Crippen molar-refractivity contribution in [3.05, 3.63) is 0 Å². The second kappa shape index (κ2) is 14.3. The molecule has 0 amide bonds. The van der Waals surface area contributed by atoms with E-state index in [0.29, 0.717) is 28.7 Å². The van der Waals surface area contributed by atoms with Crippen LogP contribution in [0.3, 0.4) is 0 Å². The molecule has 10 atom stereocenters. The molecule has 0 bridgehead atoms. The van der Waals surface area contributed by atoms with E-state index < -0.39 is 0 Å². The number of aliphatic hydroxyl groups is 1. The van der Waals surface area contributed by atoms with Crippen LogP contribution in [-0.4, -0.2) is 43.4 Å². The van der Waals surface area contributed by atoms with E-state index in [1.807, 2.05) is 0 Å². The minimum atomic E-state index is -0.0724. The summed E-state index contributed by atoms with van der Waals surface area (Å²) in [5.74, 6) is 5.28. The Balaban J connectivity index is 1.27. The highest BCUT2D eigenvalue weighted by Crippen LogP contribution is 2.68. The van der Waals surface area contributed by atoms with E-state index in [0.717, 1.165) is 68.6 Å². The summed E-state index contributed by atoms with van der Waals surface area (Å²) in [7, 11) is 0. The first-order chi connectivity index (χ1) is 18.7. The Kier molecular flexibility index (Phi) is 11.7. The van der Waals surface area contributed by atoms with Gasteiger partial charge in [-0.1, -0.05) is 53.9 Å². The maximum absolute atomic E-state index is 11.7. The van der Waals surface area contributed by atoms with Crippen molar-refractivity contribution >= 4 is 0 Å². The number of rotatable bonds is 15. The molecule has 0 aromatic rings. The number of hydrogen-bond donors (Lipinski definition) is 4. The third-order valence-corrected chi connectivity index (χ3v) is 12.9. The van der Waals surface area contributed by atoms with Gasteiger partial charge in [0.1, 0.15) is 0 Å². The van der Waals surface area contributed by atoms with Gasteiger partial charge in [0.25, 0.3) is 0 Å². The molecule has 0 heterocycles. The molecule has 0 spiro atoms. The molecular weight excluding hydrogens is 478 g/mol. The molecule has 4 aliphatic carbocycles. The third-order valence-electron chi connectivity index (χ3n) is 12.9. The van der Waals surface area contributed by atoms with Crippen molar-refractivity contribution in [1.29, 1.82) is 0 Å². The quantitative estimate of drug-likeness (QED) is 0.165. The first-order valence-electron chi connectivity index (χ1n) is 17.5. The summed E-state index contributed by atoms with van der Waals surface area (Å²) in [5.41, 5.74) is 6.48. The Hall–Kier alpha value is -0.160. The minimum Gasteiger partial charge on any atom is -0.393 e. The van der Waals surface area contributed by atoms with Gasteiger partial charge < -0.3 is 21.5 Å². The molecule has 4 heteroatoms. The molecule has 4 unspecified atom stereocenters. The first-order valence-corrected chi connectivity index (χ1v) is 17.5. The van der Waals surface area contributed by atoms with Crippen LogP contribution in [0.4, 0.5) is 0 Å². The second-order valence-electron chi connectivity index (χ2n) is 15.7. The molecule has 0 aromatic carbocycles. The van der Waals surface area contributed by atoms with Crippen molar-refractivity contribution in [2.75, 3.05) is 26.2 Å². The van der Waals surface area contributed by atoms with E-state index in [1.165, 1.54) is 83.5 Å². The van der Waals surface area contributed by atoms with Gasteiger partial charge in [-0.15, -0.1) is 0 Å². The number of nitrogens with one attached hydrogen (secondary N) is 2. The van der Waals surface area contributed by atoms with E-state index >= 15 is 0 Å². The van der Waals surface area contributed by atoms with Crippen LogP contribution in [0.2, 0.25) is 0 Å². The topological polar surface area (TPSA) is 70.3 Å². The van der Waals surface area contributed by atoms with Crippen LogP contribution in [-0.2, 0) is 0 Å². The number of aliphatic hydroxyl groups excluding tert-OH is 1. The van der Waals surface area contributed by atoms with Crippen molar-refractivity contribution in [3.8, 4) is 0 Å². The fourth-order valence-corrected chi connectivity index (χ4v) is 10.6. The van der Waals surface area contributed by atoms with Gasteiger partial charge in [0, 0.05) is 6.04 Å². The lowest BCUT2D eigenvalue weighted by molar-refractivity contribution is -0.167. The van der Waals surface area contributed by atoms with Crippen LogP contribution in [0, 0.1) is 52.3 Å². The van der Waals surface area contributed by atoms with Crippen LogP contribution in [0.5, 0.6) is 0 Å². The normalized spacial score (nSPS) is 40.8. The smallest absolute Gasteiger partial charge is 0.0577 e. The van der Waals surface area contributed by atoms with E-state index in [2.05, 4.69) is 45.3 Å². The molecular formula is C35H67N3O. The van der Waals surface area contributed by atoms with Crippen molar-refractivity contribution < 1.29 is 5.11 Å². The maximum Gasteiger partial charge on any atom is 0.0577 e. The molecule has 5 N–H and O–H groups in total. The number of hydrogen-bond acceptors (Lipinski definition) is 4. The monoisotopic (exact) mass is 546 g/mol. The fourth-order valence-electron chi connectivity index (χ4n) is 10.6. The molecule has 4 nitrogen and oxygen atoms in total. The minimum absolute atomic E-state index is 0.0724. The lowest BCUT2D eigenvalue weighted by Crippen LogP contribution is -2.59. The lowest BCUT2D eigenvalue weighted by atomic mass is 9.43. The van der Waals surface area contributed by atoms with Crippen LogP contribution in [0.1, 0.15) is 131 Å². The lowest BCUT2D eigenvalue weighted by Gasteiger charge is -2.62. The van der Waals surface area contributed by atoms with Gasteiger partial charge in [-0.05, 0) is 155 Å². The maximum atomic E-state index is 11.7. The number of unbranched alkanes of at least 4 members (excludes halogenated alkanes) is 2. The van der Waals surface area contributed by atoms with E-state index in [-0.39, 0.29) is 6.10 Å². The van der Waals surface area contributed by atoms with Gasteiger partial charge in [0.15, 0.2) is 0 Å². The average Bonchev–Trinajstić information content (AvgIpc) is 3.25. The van der Waals surface area contributed by atoms with Crippen molar-refractivity contribution in [2.45, 2.75) is 143 Å². The Labute approximate surface area is 242 Å². The summed E-state index contributed by atoms with van der Waals surface area (Å²) in [5, 5.41) is 19.2. The molecule has 4 fully saturated rings. The van der Waals surface area contributed by atoms with Crippen molar-refractivity contribution in [1.82, 2.24) is 10.6 Å². The van der Waals surface area contributed by atoms with Gasteiger partial charge in [-0.2, -0.15) is 0 Å². The van der Waals surface area contributed by atoms with E-state index in [9.17, 15) is 5.11 Å². The second-order valence-corrected chi connectivity index (χ2v) is 15.7. The van der Waals surface area contributed by atoms with Crippen molar-refractivity contribution in [2.24, 2.45) is 58.0 Å². The Morgan fingerprint density at radius 2 is 1.49 bits per heavy atom. The van der Waals surface area contributed by atoms with Gasteiger partial charge >= 0.3 is 0 Å². The van der Waals surface area contributed by atoms with Crippen LogP contribution in [0.15, 0.2) is 0 Å². The predicted octanol–water partition coefficient (Wildman–Crippen LogP) is 7.15. The Morgan fingerprint density at radius 3 is 2.23 bits per heavy atom. The van der Waals surface area contributed by atoms with Gasteiger partial charge in [0.05, 0.1) is 6.10 Å². The SMILES string of the molecule is CC(C)CCC[C@H](C)C1CCC2C3C(CC[C@@]21C)[C@@]1(C)CC[C@H](NCCCCNCCCCN)C[C@@H]1C[C@@H]3O.